The second-order valence-electron chi connectivity index (χ2n) is 5.79. The molecule has 7 nitrogen and oxygen atoms in total. The normalized spacial score (nSPS) is 18.2. The van der Waals surface area contributed by atoms with Gasteiger partial charge < -0.3 is 21.1 Å². The monoisotopic (exact) mass is 303 g/mol. The number of nitrogens with one attached hydrogen (secondary N) is 3. The van der Waals surface area contributed by atoms with E-state index < -0.39 is 17.4 Å². The van der Waals surface area contributed by atoms with Gasteiger partial charge in [-0.2, -0.15) is 0 Å². The first-order valence-corrected chi connectivity index (χ1v) is 7.22. The maximum Gasteiger partial charge on any atom is 0.329 e. The number of benzene rings is 1. The van der Waals surface area contributed by atoms with Crippen LogP contribution in [-0.4, -0.2) is 34.6 Å². The van der Waals surface area contributed by atoms with Crippen molar-refractivity contribution in [3.63, 3.8) is 0 Å². The first-order valence-electron chi connectivity index (χ1n) is 7.22. The maximum absolute atomic E-state index is 12.1. The Morgan fingerprint density at radius 3 is 2.50 bits per heavy atom. The smallest absolute Gasteiger partial charge is 0.329 e. The van der Waals surface area contributed by atoms with Gasteiger partial charge in [-0.05, 0) is 43.9 Å². The summed E-state index contributed by atoms with van der Waals surface area (Å²) < 4.78 is 0. The molecule has 7 heteroatoms. The maximum atomic E-state index is 12.1. The largest absolute Gasteiger partial charge is 0.480 e. The third-order valence-corrected chi connectivity index (χ3v) is 3.81. The Labute approximate surface area is 127 Å². The summed E-state index contributed by atoms with van der Waals surface area (Å²) in [5.41, 5.74) is -0.313. The minimum Gasteiger partial charge on any atom is -0.480 e. The van der Waals surface area contributed by atoms with Crippen molar-refractivity contribution in [2.24, 2.45) is 0 Å². The molecule has 1 aromatic rings. The lowest BCUT2D eigenvalue weighted by Gasteiger charge is -2.13. The highest BCUT2D eigenvalue weighted by molar-refractivity contribution is 6.00. The first-order chi connectivity index (χ1) is 10.5. The predicted octanol–water partition coefficient (Wildman–Crippen LogP) is 1.32. The van der Waals surface area contributed by atoms with Crippen LogP contribution in [0.2, 0.25) is 0 Å². The molecule has 0 aromatic heterocycles. The van der Waals surface area contributed by atoms with E-state index in [1.54, 1.807) is 18.2 Å². The number of aliphatic carboxylic acids is 1. The summed E-state index contributed by atoms with van der Waals surface area (Å²) in [5, 5.41) is 17.1. The number of hydrogen-bond acceptors (Lipinski definition) is 3. The molecule has 3 rings (SSSR count). The van der Waals surface area contributed by atoms with Crippen molar-refractivity contribution in [2.45, 2.75) is 37.3 Å². The van der Waals surface area contributed by atoms with E-state index in [1.807, 2.05) is 0 Å². The van der Waals surface area contributed by atoms with E-state index in [0.29, 0.717) is 24.1 Å². The van der Waals surface area contributed by atoms with Gasteiger partial charge in [0.1, 0.15) is 5.54 Å². The zero-order valence-electron chi connectivity index (χ0n) is 11.9. The van der Waals surface area contributed by atoms with Crippen LogP contribution in [0.15, 0.2) is 24.3 Å². The highest BCUT2D eigenvalue weighted by Crippen LogP contribution is 2.35. The number of hydrogen-bond donors (Lipinski definition) is 4. The number of urea groups is 1. The van der Waals surface area contributed by atoms with Crippen molar-refractivity contribution >= 4 is 23.6 Å². The molecule has 22 heavy (non-hydrogen) atoms. The van der Waals surface area contributed by atoms with Crippen molar-refractivity contribution in [3.05, 3.63) is 29.8 Å². The van der Waals surface area contributed by atoms with E-state index in [9.17, 15) is 14.4 Å². The summed E-state index contributed by atoms with van der Waals surface area (Å²) in [6, 6.07) is 6.37. The van der Waals surface area contributed by atoms with E-state index in [-0.39, 0.29) is 12.1 Å². The Morgan fingerprint density at radius 1 is 1.18 bits per heavy atom. The average Bonchev–Trinajstić information content (AvgIpc) is 3.35. The molecular weight excluding hydrogens is 286 g/mol. The van der Waals surface area contributed by atoms with Crippen LogP contribution in [0.3, 0.4) is 0 Å². The van der Waals surface area contributed by atoms with E-state index in [1.165, 1.54) is 6.07 Å². The summed E-state index contributed by atoms with van der Waals surface area (Å²) in [6.45, 7) is 0. The van der Waals surface area contributed by atoms with Crippen molar-refractivity contribution in [3.8, 4) is 0 Å². The van der Waals surface area contributed by atoms with Crippen LogP contribution in [0.25, 0.3) is 0 Å². The molecular formula is C15H17N3O4. The van der Waals surface area contributed by atoms with Crippen LogP contribution in [0, 0.1) is 0 Å². The summed E-state index contributed by atoms with van der Waals surface area (Å²) >= 11 is 0. The number of carbonyl (C=O) groups is 3. The zero-order chi connectivity index (χ0) is 15.7. The Morgan fingerprint density at radius 2 is 1.91 bits per heavy atom. The van der Waals surface area contributed by atoms with Gasteiger partial charge in [0.2, 0.25) is 0 Å². The van der Waals surface area contributed by atoms with Gasteiger partial charge in [0.05, 0.1) is 0 Å². The minimum absolute atomic E-state index is 0.247. The first kappa shape index (κ1) is 14.4. The van der Waals surface area contributed by atoms with E-state index >= 15 is 0 Å². The van der Waals surface area contributed by atoms with Gasteiger partial charge >= 0.3 is 12.0 Å². The Kier molecular flexibility index (Phi) is 3.48. The Balaban J connectivity index is 1.63. The summed E-state index contributed by atoms with van der Waals surface area (Å²) in [5.74, 6) is -1.47. The van der Waals surface area contributed by atoms with Gasteiger partial charge in [-0.25, -0.2) is 9.59 Å². The number of anilines is 1. The Hall–Kier alpha value is -2.57. The van der Waals surface area contributed by atoms with Crippen LogP contribution >= 0.6 is 0 Å². The molecule has 2 aliphatic carbocycles. The second kappa shape index (κ2) is 5.32. The molecule has 0 heterocycles. The SMILES string of the molecule is O=C(Nc1cccc(C(=O)NC2(C(=O)O)CC2)c1)NC1CC1. The van der Waals surface area contributed by atoms with Crippen molar-refractivity contribution in [1.82, 2.24) is 10.6 Å². The molecule has 116 valence electrons. The topological polar surface area (TPSA) is 108 Å². The number of carboxylic acids is 1. The molecule has 0 unspecified atom stereocenters. The van der Waals surface area contributed by atoms with Crippen LogP contribution in [-0.2, 0) is 4.79 Å². The molecule has 2 fully saturated rings. The second-order valence-corrected chi connectivity index (χ2v) is 5.79. The molecule has 0 bridgehead atoms. The molecule has 1 aromatic carbocycles. The van der Waals surface area contributed by atoms with Gasteiger partial charge in [0.15, 0.2) is 0 Å². The van der Waals surface area contributed by atoms with E-state index in [2.05, 4.69) is 16.0 Å². The van der Waals surface area contributed by atoms with Crippen LogP contribution < -0.4 is 16.0 Å². The zero-order valence-corrected chi connectivity index (χ0v) is 11.9. The highest BCUT2D eigenvalue weighted by Gasteiger charge is 2.51. The number of carbonyl (C=O) groups excluding carboxylic acids is 2. The van der Waals surface area contributed by atoms with Crippen molar-refractivity contribution in [2.75, 3.05) is 5.32 Å². The van der Waals surface area contributed by atoms with Gasteiger partial charge in [0.25, 0.3) is 5.91 Å². The molecule has 0 spiro atoms. The molecule has 0 saturated heterocycles. The lowest BCUT2D eigenvalue weighted by molar-refractivity contribution is -0.140. The summed E-state index contributed by atoms with van der Waals surface area (Å²) in [6.07, 6.45) is 2.87. The van der Waals surface area contributed by atoms with Crippen LogP contribution in [0.4, 0.5) is 10.5 Å². The fourth-order valence-electron chi connectivity index (χ4n) is 2.13. The van der Waals surface area contributed by atoms with Gasteiger partial charge in [0, 0.05) is 17.3 Å². The van der Waals surface area contributed by atoms with Gasteiger partial charge in [-0.1, -0.05) is 6.07 Å². The molecule has 0 radical (unpaired) electrons. The molecule has 0 aliphatic heterocycles. The molecule has 2 saturated carbocycles. The van der Waals surface area contributed by atoms with Gasteiger partial charge in [-0.3, -0.25) is 4.79 Å². The fourth-order valence-corrected chi connectivity index (χ4v) is 2.13. The molecule has 0 atom stereocenters. The van der Waals surface area contributed by atoms with Crippen molar-refractivity contribution < 1.29 is 19.5 Å². The third kappa shape index (κ3) is 3.19. The highest BCUT2D eigenvalue weighted by atomic mass is 16.4. The summed E-state index contributed by atoms with van der Waals surface area (Å²) in [4.78, 5) is 34.9. The minimum atomic E-state index is -1.12. The molecule has 4 N–H and O–H groups in total. The van der Waals surface area contributed by atoms with Gasteiger partial charge in [-0.15, -0.1) is 0 Å². The lowest BCUT2D eigenvalue weighted by atomic mass is 10.1. The number of carboxylic acid groups (broad SMARTS) is 1. The third-order valence-electron chi connectivity index (χ3n) is 3.81. The van der Waals surface area contributed by atoms with E-state index in [0.717, 1.165) is 12.8 Å². The van der Waals surface area contributed by atoms with Crippen molar-refractivity contribution in [1.29, 1.82) is 0 Å². The summed E-state index contributed by atoms with van der Waals surface area (Å²) in [7, 11) is 0. The van der Waals surface area contributed by atoms with E-state index in [4.69, 9.17) is 5.11 Å². The standard InChI is InChI=1S/C15H17N3O4/c19-12(18-15(6-7-15)13(20)21)9-2-1-3-11(8-9)17-14(22)16-10-4-5-10/h1-3,8,10H,4-7H2,(H,18,19)(H,20,21)(H2,16,17,22). The Bertz CT molecular complexity index is 635. The quantitative estimate of drug-likeness (QED) is 0.658. The predicted molar refractivity (Wildman–Crippen MR) is 78.7 cm³/mol. The average molecular weight is 303 g/mol. The van der Waals surface area contributed by atoms with Crippen LogP contribution in [0.5, 0.6) is 0 Å². The number of amides is 3. The lowest BCUT2D eigenvalue weighted by Crippen LogP contribution is -2.43. The molecule has 3 amide bonds. The van der Waals surface area contributed by atoms with Crippen LogP contribution in [0.1, 0.15) is 36.0 Å². The molecule has 2 aliphatic rings. The fraction of sp³-hybridized carbons (Fsp3) is 0.400. The number of rotatable bonds is 5.